The lowest BCUT2D eigenvalue weighted by Crippen LogP contribution is -2.56. The fourth-order valence-corrected chi connectivity index (χ4v) is 3.16. The molecule has 2 amide bonds. The normalized spacial score (nSPS) is 18.0. The zero-order valence-electron chi connectivity index (χ0n) is 10.6. The minimum Gasteiger partial charge on any atom is -0.478 e. The van der Waals surface area contributed by atoms with Crippen LogP contribution in [0.4, 0.5) is 5.69 Å². The summed E-state index contributed by atoms with van der Waals surface area (Å²) >= 11 is 6.43. The highest BCUT2D eigenvalue weighted by molar-refractivity contribution is 9.11. The highest BCUT2D eigenvalue weighted by atomic mass is 79.9. The molecule has 1 aliphatic rings. The lowest BCUT2D eigenvalue weighted by atomic mass is 10.1. The summed E-state index contributed by atoms with van der Waals surface area (Å²) in [5.74, 6) is -1.76. The molecule has 21 heavy (non-hydrogen) atoms. The second-order valence-electron chi connectivity index (χ2n) is 4.34. The summed E-state index contributed by atoms with van der Waals surface area (Å²) in [5, 5.41) is 17.1. The van der Waals surface area contributed by atoms with Crippen LogP contribution in [0.25, 0.3) is 0 Å². The fourth-order valence-electron chi connectivity index (χ4n) is 1.83. The number of nitrogens with one attached hydrogen (secondary N) is 3. The number of anilines is 1. The van der Waals surface area contributed by atoms with Crippen LogP contribution in [-0.4, -0.2) is 42.0 Å². The van der Waals surface area contributed by atoms with E-state index in [9.17, 15) is 19.5 Å². The van der Waals surface area contributed by atoms with E-state index in [4.69, 9.17) is 0 Å². The number of carboxylic acids is 1. The van der Waals surface area contributed by atoms with Crippen molar-refractivity contribution in [3.8, 4) is 0 Å². The molecule has 1 saturated heterocycles. The maximum absolute atomic E-state index is 12.1. The first kappa shape index (κ1) is 15.9. The first-order valence-corrected chi connectivity index (χ1v) is 7.50. The van der Waals surface area contributed by atoms with Crippen molar-refractivity contribution < 1.29 is 19.5 Å². The van der Waals surface area contributed by atoms with E-state index >= 15 is 0 Å². The molecule has 9 heteroatoms. The Morgan fingerprint density at radius 3 is 2.62 bits per heavy atom. The van der Waals surface area contributed by atoms with Crippen LogP contribution in [0.15, 0.2) is 21.1 Å². The van der Waals surface area contributed by atoms with Gasteiger partial charge in [-0.2, -0.15) is 0 Å². The van der Waals surface area contributed by atoms with Crippen LogP contribution in [-0.2, 0) is 9.59 Å². The quantitative estimate of drug-likeness (QED) is 0.582. The molecule has 0 aromatic heterocycles. The SMILES string of the molecule is O=C1CNC(C(=O)Nc2c(Br)cc(Br)cc2C(=O)O)CN1. The van der Waals surface area contributed by atoms with Crippen LogP contribution in [0.5, 0.6) is 0 Å². The number of halogens is 2. The van der Waals surface area contributed by atoms with Gasteiger partial charge in [0, 0.05) is 15.5 Å². The van der Waals surface area contributed by atoms with Crippen molar-refractivity contribution in [1.82, 2.24) is 10.6 Å². The monoisotopic (exact) mass is 419 g/mol. The number of carbonyl (C=O) groups excluding carboxylic acids is 2. The van der Waals surface area contributed by atoms with Gasteiger partial charge in [0.05, 0.1) is 17.8 Å². The molecule has 1 atom stereocenters. The van der Waals surface area contributed by atoms with Crippen molar-refractivity contribution in [1.29, 1.82) is 0 Å². The van der Waals surface area contributed by atoms with E-state index in [0.29, 0.717) is 8.95 Å². The van der Waals surface area contributed by atoms with E-state index in [-0.39, 0.29) is 30.2 Å². The van der Waals surface area contributed by atoms with Gasteiger partial charge in [-0.3, -0.25) is 14.9 Å². The third-order valence-electron chi connectivity index (χ3n) is 2.86. The molecule has 1 unspecified atom stereocenters. The van der Waals surface area contributed by atoms with E-state index in [1.54, 1.807) is 6.07 Å². The highest BCUT2D eigenvalue weighted by Gasteiger charge is 2.25. The number of hydrogen-bond acceptors (Lipinski definition) is 4. The van der Waals surface area contributed by atoms with Crippen LogP contribution >= 0.6 is 31.9 Å². The van der Waals surface area contributed by atoms with Crippen LogP contribution in [0.3, 0.4) is 0 Å². The summed E-state index contributed by atoms with van der Waals surface area (Å²) in [4.78, 5) is 34.4. The van der Waals surface area contributed by atoms with Gasteiger partial charge in [0.1, 0.15) is 6.04 Å². The molecule has 1 aromatic rings. The molecule has 1 fully saturated rings. The number of rotatable bonds is 3. The van der Waals surface area contributed by atoms with Crippen LogP contribution < -0.4 is 16.0 Å². The number of piperazine rings is 1. The molecule has 1 aliphatic heterocycles. The molecule has 0 bridgehead atoms. The predicted octanol–water partition coefficient (Wildman–Crippen LogP) is 0.936. The Hall–Kier alpha value is -1.45. The van der Waals surface area contributed by atoms with Gasteiger partial charge < -0.3 is 15.7 Å². The van der Waals surface area contributed by atoms with Crippen molar-refractivity contribution in [2.45, 2.75) is 6.04 Å². The van der Waals surface area contributed by atoms with Crippen molar-refractivity contribution in [3.63, 3.8) is 0 Å². The number of amides is 2. The van der Waals surface area contributed by atoms with Crippen LogP contribution in [0.2, 0.25) is 0 Å². The fraction of sp³-hybridized carbons (Fsp3) is 0.250. The molecular weight excluding hydrogens is 410 g/mol. The Kier molecular flexibility index (Phi) is 4.96. The molecule has 2 rings (SSSR count). The molecule has 1 heterocycles. The van der Waals surface area contributed by atoms with E-state index in [0.717, 1.165) is 0 Å². The van der Waals surface area contributed by atoms with Gasteiger partial charge in [-0.15, -0.1) is 0 Å². The number of benzene rings is 1. The Morgan fingerprint density at radius 1 is 1.33 bits per heavy atom. The third-order valence-corrected chi connectivity index (χ3v) is 3.95. The highest BCUT2D eigenvalue weighted by Crippen LogP contribution is 2.31. The Labute approximate surface area is 136 Å². The molecule has 0 radical (unpaired) electrons. The first-order chi connectivity index (χ1) is 9.88. The number of hydrogen-bond donors (Lipinski definition) is 4. The number of aromatic carboxylic acids is 1. The topological polar surface area (TPSA) is 108 Å². The average Bonchev–Trinajstić information content (AvgIpc) is 2.41. The zero-order chi connectivity index (χ0) is 15.6. The minimum absolute atomic E-state index is 0.0376. The largest absolute Gasteiger partial charge is 0.478 e. The Bertz CT molecular complexity index is 611. The van der Waals surface area contributed by atoms with E-state index in [1.807, 2.05) is 0 Å². The molecule has 112 valence electrons. The predicted molar refractivity (Wildman–Crippen MR) is 82.2 cm³/mol. The first-order valence-electron chi connectivity index (χ1n) is 5.91. The molecule has 1 aromatic carbocycles. The molecule has 4 N–H and O–H groups in total. The third kappa shape index (κ3) is 3.80. The maximum Gasteiger partial charge on any atom is 0.337 e. The van der Waals surface area contributed by atoms with Crippen molar-refractivity contribution in [2.75, 3.05) is 18.4 Å². The lowest BCUT2D eigenvalue weighted by Gasteiger charge is -2.23. The average molecular weight is 421 g/mol. The van der Waals surface area contributed by atoms with E-state index in [2.05, 4.69) is 47.8 Å². The van der Waals surface area contributed by atoms with Gasteiger partial charge in [-0.25, -0.2) is 4.79 Å². The lowest BCUT2D eigenvalue weighted by molar-refractivity contribution is -0.124. The minimum atomic E-state index is -1.16. The van der Waals surface area contributed by atoms with E-state index in [1.165, 1.54) is 6.07 Å². The summed E-state index contributed by atoms with van der Waals surface area (Å²) in [5.41, 5.74) is 0.138. The van der Waals surface area contributed by atoms with Gasteiger partial charge in [0.25, 0.3) is 0 Å². The second-order valence-corrected chi connectivity index (χ2v) is 6.11. The van der Waals surface area contributed by atoms with Gasteiger partial charge in [0.2, 0.25) is 11.8 Å². The smallest absolute Gasteiger partial charge is 0.337 e. The Morgan fingerprint density at radius 2 is 2.05 bits per heavy atom. The number of carbonyl (C=O) groups is 3. The van der Waals surface area contributed by atoms with E-state index < -0.39 is 17.9 Å². The van der Waals surface area contributed by atoms with Gasteiger partial charge >= 0.3 is 5.97 Å². The molecule has 0 aliphatic carbocycles. The van der Waals surface area contributed by atoms with Gasteiger partial charge in [-0.1, -0.05) is 15.9 Å². The molecule has 0 saturated carbocycles. The Balaban J connectivity index is 2.21. The van der Waals surface area contributed by atoms with Gasteiger partial charge in [0.15, 0.2) is 0 Å². The molecule has 7 nitrogen and oxygen atoms in total. The summed E-state index contributed by atoms with van der Waals surface area (Å²) < 4.78 is 1.02. The molecular formula is C12H11Br2N3O4. The zero-order valence-corrected chi connectivity index (χ0v) is 13.7. The van der Waals surface area contributed by atoms with Crippen molar-refractivity contribution in [2.24, 2.45) is 0 Å². The summed E-state index contributed by atoms with van der Waals surface area (Å²) in [7, 11) is 0. The summed E-state index contributed by atoms with van der Waals surface area (Å²) in [6.45, 7) is 0.201. The van der Waals surface area contributed by atoms with Crippen LogP contribution in [0, 0.1) is 0 Å². The summed E-state index contributed by atoms with van der Waals surface area (Å²) in [6.07, 6.45) is 0. The van der Waals surface area contributed by atoms with Crippen molar-refractivity contribution in [3.05, 3.63) is 26.6 Å². The van der Waals surface area contributed by atoms with Crippen molar-refractivity contribution >= 4 is 55.3 Å². The van der Waals surface area contributed by atoms with Gasteiger partial charge in [-0.05, 0) is 28.1 Å². The van der Waals surface area contributed by atoms with Crippen LogP contribution in [0.1, 0.15) is 10.4 Å². The standard InChI is InChI=1S/C12H11Br2N3O4/c13-5-1-6(12(20)21)10(7(14)2-5)17-11(19)8-3-16-9(18)4-15-8/h1-2,8,15H,3-4H2,(H,16,18)(H,17,19)(H,20,21). The molecule has 0 spiro atoms. The second kappa shape index (κ2) is 6.54. The number of carboxylic acid groups (broad SMARTS) is 1. The maximum atomic E-state index is 12.1. The summed E-state index contributed by atoms with van der Waals surface area (Å²) in [6, 6.07) is 2.43.